The number of halogens is 1. The van der Waals surface area contributed by atoms with Crippen LogP contribution in [0.1, 0.15) is 65.2 Å². The van der Waals surface area contributed by atoms with Gasteiger partial charge in [0, 0.05) is 25.4 Å². The lowest BCUT2D eigenvalue weighted by Crippen LogP contribution is -2.33. The van der Waals surface area contributed by atoms with E-state index in [1.54, 1.807) is 0 Å². The van der Waals surface area contributed by atoms with Gasteiger partial charge in [-0.2, -0.15) is 0 Å². The molecule has 0 aromatic carbocycles. The second kappa shape index (κ2) is 12.2. The highest BCUT2D eigenvalue weighted by molar-refractivity contribution is 6.18. The molecule has 0 aromatic rings. The van der Waals surface area contributed by atoms with Crippen LogP contribution in [0.3, 0.4) is 0 Å². The molecule has 0 aliphatic carbocycles. The molecule has 0 saturated carbocycles. The summed E-state index contributed by atoms with van der Waals surface area (Å²) in [6.07, 6.45) is 9.11. The first-order valence-electron chi connectivity index (χ1n) is 7.10. The molecular weight excluding hydrogens is 234 g/mol. The molecule has 102 valence electrons. The third-order valence-corrected chi connectivity index (χ3v) is 3.11. The van der Waals surface area contributed by atoms with Crippen molar-refractivity contribution >= 4 is 17.5 Å². The molecule has 0 N–H and O–H groups in total. The molecule has 0 spiro atoms. The van der Waals surface area contributed by atoms with Gasteiger partial charge in [-0.15, -0.1) is 11.6 Å². The van der Waals surface area contributed by atoms with Crippen molar-refractivity contribution in [3.05, 3.63) is 0 Å². The van der Waals surface area contributed by atoms with Gasteiger partial charge in [0.25, 0.3) is 0 Å². The second-order valence-electron chi connectivity index (χ2n) is 4.59. The topological polar surface area (TPSA) is 20.3 Å². The van der Waals surface area contributed by atoms with E-state index < -0.39 is 0 Å². The van der Waals surface area contributed by atoms with Gasteiger partial charge in [-0.3, -0.25) is 4.79 Å². The normalized spacial score (nSPS) is 10.5. The number of nitrogens with zero attached hydrogens (tertiary/aromatic N) is 1. The molecule has 3 heteroatoms. The quantitative estimate of drug-likeness (QED) is 0.403. The Labute approximate surface area is 112 Å². The number of amides is 1. The fourth-order valence-corrected chi connectivity index (χ4v) is 2.15. The first-order chi connectivity index (χ1) is 8.26. The molecule has 17 heavy (non-hydrogen) atoms. The summed E-state index contributed by atoms with van der Waals surface area (Å²) in [5.41, 5.74) is 0. The van der Waals surface area contributed by atoms with Crippen molar-refractivity contribution in [1.29, 1.82) is 0 Å². The molecule has 0 aliphatic heterocycles. The van der Waals surface area contributed by atoms with Gasteiger partial charge in [-0.25, -0.2) is 0 Å². The molecule has 0 aromatic heterocycles. The summed E-state index contributed by atoms with van der Waals surface area (Å²) in [6.45, 7) is 5.86. The minimum Gasteiger partial charge on any atom is -0.342 e. The first-order valence-corrected chi connectivity index (χ1v) is 7.63. The summed E-state index contributed by atoms with van der Waals surface area (Å²) >= 11 is 5.70. The van der Waals surface area contributed by atoms with E-state index in [1.807, 2.05) is 4.90 Å². The molecule has 1 amide bonds. The third kappa shape index (κ3) is 9.46. The van der Waals surface area contributed by atoms with E-state index in [1.165, 1.54) is 32.1 Å². The van der Waals surface area contributed by atoms with Gasteiger partial charge in [0.05, 0.1) is 0 Å². The van der Waals surface area contributed by atoms with Crippen LogP contribution in [-0.2, 0) is 4.79 Å². The standard InChI is InChI=1S/C14H28ClNO/c1-3-5-6-7-8-9-10-14(17)16(12-4-2)13-11-15/h3-13H2,1-2H3. The highest BCUT2D eigenvalue weighted by atomic mass is 35.5. The van der Waals surface area contributed by atoms with E-state index in [9.17, 15) is 4.79 Å². The number of carbonyl (C=O) groups excluding carboxylic acids is 1. The van der Waals surface area contributed by atoms with Crippen molar-refractivity contribution < 1.29 is 4.79 Å². The van der Waals surface area contributed by atoms with Crippen molar-refractivity contribution in [2.45, 2.75) is 65.2 Å². The maximum Gasteiger partial charge on any atom is 0.222 e. The molecule has 0 atom stereocenters. The fourth-order valence-electron chi connectivity index (χ4n) is 1.95. The van der Waals surface area contributed by atoms with E-state index in [0.717, 1.165) is 19.4 Å². The molecule has 0 rings (SSSR count). The summed E-state index contributed by atoms with van der Waals surface area (Å²) in [7, 11) is 0. The Morgan fingerprint density at radius 1 is 0.941 bits per heavy atom. The fraction of sp³-hybridized carbons (Fsp3) is 0.929. The Morgan fingerprint density at radius 2 is 1.59 bits per heavy atom. The van der Waals surface area contributed by atoms with Crippen LogP contribution in [-0.4, -0.2) is 29.8 Å². The van der Waals surface area contributed by atoms with Gasteiger partial charge in [-0.1, -0.05) is 46.0 Å². The van der Waals surface area contributed by atoms with Gasteiger partial charge in [-0.05, 0) is 12.8 Å². The van der Waals surface area contributed by atoms with Gasteiger partial charge in [0.1, 0.15) is 0 Å². The zero-order chi connectivity index (χ0) is 12.9. The lowest BCUT2D eigenvalue weighted by atomic mass is 10.1. The van der Waals surface area contributed by atoms with Crippen molar-refractivity contribution in [3.8, 4) is 0 Å². The Hall–Kier alpha value is -0.240. The Bertz CT molecular complexity index is 179. The average Bonchev–Trinajstić information content (AvgIpc) is 2.33. The molecule has 0 unspecified atom stereocenters. The predicted octanol–water partition coefficient (Wildman–Crippen LogP) is 4.21. The monoisotopic (exact) mass is 261 g/mol. The predicted molar refractivity (Wildman–Crippen MR) is 75.6 cm³/mol. The highest BCUT2D eigenvalue weighted by Gasteiger charge is 2.10. The summed E-state index contributed by atoms with van der Waals surface area (Å²) < 4.78 is 0. The van der Waals surface area contributed by atoms with Gasteiger partial charge in [0.2, 0.25) is 5.91 Å². The Kier molecular flexibility index (Phi) is 12.1. The number of hydrogen-bond donors (Lipinski definition) is 0. The SMILES string of the molecule is CCCCCCCCC(=O)N(CCC)CCCl. The lowest BCUT2D eigenvalue weighted by Gasteiger charge is -2.20. The Balaban J connectivity index is 3.59. The highest BCUT2D eigenvalue weighted by Crippen LogP contribution is 2.08. The third-order valence-electron chi connectivity index (χ3n) is 2.94. The maximum absolute atomic E-state index is 11.9. The smallest absolute Gasteiger partial charge is 0.222 e. The number of unbranched alkanes of at least 4 members (excludes halogenated alkanes) is 5. The molecule has 2 nitrogen and oxygen atoms in total. The first kappa shape index (κ1) is 16.8. The molecule has 0 radical (unpaired) electrons. The van der Waals surface area contributed by atoms with Gasteiger partial charge >= 0.3 is 0 Å². The van der Waals surface area contributed by atoms with Crippen LogP contribution < -0.4 is 0 Å². The van der Waals surface area contributed by atoms with E-state index in [4.69, 9.17) is 11.6 Å². The van der Waals surface area contributed by atoms with E-state index in [0.29, 0.717) is 18.8 Å². The number of alkyl halides is 1. The van der Waals surface area contributed by atoms with Crippen LogP contribution in [0.5, 0.6) is 0 Å². The summed E-state index contributed by atoms with van der Waals surface area (Å²) in [5.74, 6) is 0.824. The minimum atomic E-state index is 0.281. The molecular formula is C14H28ClNO. The Morgan fingerprint density at radius 3 is 2.18 bits per heavy atom. The van der Waals surface area contributed by atoms with E-state index >= 15 is 0 Å². The van der Waals surface area contributed by atoms with Crippen LogP contribution in [0, 0.1) is 0 Å². The van der Waals surface area contributed by atoms with Crippen molar-refractivity contribution in [2.24, 2.45) is 0 Å². The van der Waals surface area contributed by atoms with Crippen LogP contribution in [0.25, 0.3) is 0 Å². The molecule has 0 fully saturated rings. The van der Waals surface area contributed by atoms with Crippen molar-refractivity contribution in [3.63, 3.8) is 0 Å². The maximum atomic E-state index is 11.9. The van der Waals surface area contributed by atoms with Gasteiger partial charge in [0.15, 0.2) is 0 Å². The van der Waals surface area contributed by atoms with Crippen LogP contribution in [0.15, 0.2) is 0 Å². The number of rotatable bonds is 11. The molecule has 0 bridgehead atoms. The zero-order valence-electron chi connectivity index (χ0n) is 11.5. The molecule has 0 saturated heterocycles. The minimum absolute atomic E-state index is 0.281. The molecule has 0 aliphatic rings. The molecule has 0 heterocycles. The summed E-state index contributed by atoms with van der Waals surface area (Å²) in [4.78, 5) is 13.8. The average molecular weight is 262 g/mol. The van der Waals surface area contributed by atoms with Crippen LogP contribution in [0.4, 0.5) is 0 Å². The lowest BCUT2D eigenvalue weighted by molar-refractivity contribution is -0.131. The van der Waals surface area contributed by atoms with Crippen LogP contribution in [0.2, 0.25) is 0 Å². The van der Waals surface area contributed by atoms with Crippen LogP contribution >= 0.6 is 11.6 Å². The van der Waals surface area contributed by atoms with Crippen molar-refractivity contribution in [2.75, 3.05) is 19.0 Å². The van der Waals surface area contributed by atoms with Crippen molar-refractivity contribution in [1.82, 2.24) is 4.90 Å². The van der Waals surface area contributed by atoms with E-state index in [2.05, 4.69) is 13.8 Å². The van der Waals surface area contributed by atoms with E-state index in [-0.39, 0.29) is 5.91 Å². The van der Waals surface area contributed by atoms with Gasteiger partial charge < -0.3 is 4.90 Å². The summed E-state index contributed by atoms with van der Waals surface area (Å²) in [5, 5.41) is 0. The number of carbonyl (C=O) groups is 1. The largest absolute Gasteiger partial charge is 0.342 e. The number of hydrogen-bond acceptors (Lipinski definition) is 1. The summed E-state index contributed by atoms with van der Waals surface area (Å²) in [6, 6.07) is 0. The zero-order valence-corrected chi connectivity index (χ0v) is 12.3. The second-order valence-corrected chi connectivity index (χ2v) is 4.97.